The van der Waals surface area contributed by atoms with Crippen molar-refractivity contribution in [3.8, 4) is 0 Å². The van der Waals surface area contributed by atoms with Gasteiger partial charge in [0.2, 0.25) is 5.91 Å². The molecule has 0 bridgehead atoms. The lowest BCUT2D eigenvalue weighted by atomic mass is 9.86. The number of hydrogen-bond donors (Lipinski definition) is 1. The minimum Gasteiger partial charge on any atom is -0.481 e. The zero-order chi connectivity index (χ0) is 14.0. The normalized spacial score (nSPS) is 23.7. The van der Waals surface area contributed by atoms with Crippen LogP contribution < -0.4 is 0 Å². The highest BCUT2D eigenvalue weighted by molar-refractivity contribution is 5.81. The molecule has 0 saturated carbocycles. The lowest BCUT2D eigenvalue weighted by Gasteiger charge is -2.36. The number of hydrogen-bond acceptors (Lipinski definition) is 3. The predicted octanol–water partition coefficient (Wildman–Crippen LogP) is 1.29. The third-order valence-electron chi connectivity index (χ3n) is 3.63. The molecule has 0 aliphatic carbocycles. The Morgan fingerprint density at radius 3 is 2.95 bits per heavy atom. The van der Waals surface area contributed by atoms with E-state index in [1.54, 1.807) is 17.9 Å². The van der Waals surface area contributed by atoms with Gasteiger partial charge < -0.3 is 10.0 Å². The number of carboxylic acid groups (broad SMARTS) is 1. The molecule has 0 aromatic carbocycles. The van der Waals surface area contributed by atoms with Crippen LogP contribution in [0.3, 0.4) is 0 Å². The number of aliphatic carboxylic acids is 1. The maximum atomic E-state index is 11.8. The lowest BCUT2D eigenvalue weighted by Crippen LogP contribution is -2.42. The van der Waals surface area contributed by atoms with Crippen LogP contribution in [0.25, 0.3) is 0 Å². The van der Waals surface area contributed by atoms with Gasteiger partial charge in [-0.25, -0.2) is 0 Å². The summed E-state index contributed by atoms with van der Waals surface area (Å²) in [6, 6.07) is -0.413. The number of piperidine rings is 1. The molecule has 0 unspecified atom stereocenters. The van der Waals surface area contributed by atoms with Gasteiger partial charge in [0.25, 0.3) is 0 Å². The molecule has 1 amide bonds. The molecule has 6 heteroatoms. The van der Waals surface area contributed by atoms with E-state index in [-0.39, 0.29) is 5.91 Å². The molecule has 1 N–H and O–H groups in total. The highest BCUT2D eigenvalue weighted by Gasteiger charge is 2.39. The zero-order valence-electron chi connectivity index (χ0n) is 11.2. The number of aromatic nitrogens is 2. The summed E-state index contributed by atoms with van der Waals surface area (Å²) in [4.78, 5) is 24.7. The van der Waals surface area contributed by atoms with Crippen LogP contribution in [0, 0.1) is 5.92 Å². The third-order valence-corrected chi connectivity index (χ3v) is 3.63. The largest absolute Gasteiger partial charge is 0.481 e. The molecule has 2 atom stereocenters. The van der Waals surface area contributed by atoms with Crippen molar-refractivity contribution >= 4 is 11.9 Å². The van der Waals surface area contributed by atoms with Crippen LogP contribution >= 0.6 is 0 Å². The summed E-state index contributed by atoms with van der Waals surface area (Å²) in [5, 5.41) is 13.5. The molecule has 2 heterocycles. The van der Waals surface area contributed by atoms with Gasteiger partial charge in [-0.3, -0.25) is 14.3 Å². The number of likely N-dealkylation sites (tertiary alicyclic amines) is 1. The highest BCUT2D eigenvalue weighted by Crippen LogP contribution is 2.35. The van der Waals surface area contributed by atoms with Crippen LogP contribution in [0.5, 0.6) is 0 Å². The molecule has 6 nitrogen and oxygen atoms in total. The van der Waals surface area contributed by atoms with Gasteiger partial charge in [0.15, 0.2) is 0 Å². The maximum absolute atomic E-state index is 11.8. The summed E-state index contributed by atoms with van der Waals surface area (Å²) in [5.41, 5.74) is 0.802. The molecule has 1 fully saturated rings. The first-order valence-corrected chi connectivity index (χ1v) is 6.55. The Bertz CT molecular complexity index is 483. The van der Waals surface area contributed by atoms with Crippen molar-refractivity contribution in [3.05, 3.63) is 18.0 Å². The van der Waals surface area contributed by atoms with E-state index in [0.29, 0.717) is 12.8 Å². The van der Waals surface area contributed by atoms with Gasteiger partial charge in [-0.05, 0) is 12.8 Å². The Kier molecular flexibility index (Phi) is 3.87. The minimum absolute atomic E-state index is 0.00857. The summed E-state index contributed by atoms with van der Waals surface area (Å²) < 4.78 is 1.79. The van der Waals surface area contributed by atoms with Gasteiger partial charge in [-0.2, -0.15) is 5.10 Å². The lowest BCUT2D eigenvalue weighted by molar-refractivity contribution is -0.150. The Labute approximate surface area is 112 Å². The van der Waals surface area contributed by atoms with Gasteiger partial charge in [0.05, 0.1) is 18.2 Å². The summed E-state index contributed by atoms with van der Waals surface area (Å²) in [7, 11) is 1.67. The van der Waals surface area contributed by atoms with E-state index in [4.69, 9.17) is 0 Å². The van der Waals surface area contributed by atoms with Crippen molar-refractivity contribution in [2.24, 2.45) is 5.92 Å². The predicted molar refractivity (Wildman–Crippen MR) is 68.4 cm³/mol. The SMILES string of the molecule is CCCn1cc([C@H]2[C@H](C(=O)O)CCC(=O)N2C)cn1. The van der Waals surface area contributed by atoms with Crippen LogP contribution in [0.15, 0.2) is 12.4 Å². The highest BCUT2D eigenvalue weighted by atomic mass is 16.4. The second kappa shape index (κ2) is 5.42. The maximum Gasteiger partial charge on any atom is 0.308 e. The standard InChI is InChI=1S/C13H19N3O3/c1-3-6-16-8-9(7-14-16)12-10(13(18)19)4-5-11(17)15(12)2/h7-8,10,12H,3-6H2,1-2H3,(H,18,19)/t10-,12+/m1/s1. The molecule has 0 spiro atoms. The summed E-state index contributed by atoms with van der Waals surface area (Å²) in [6.07, 6.45) is 5.17. The second-order valence-electron chi connectivity index (χ2n) is 4.97. The van der Waals surface area contributed by atoms with E-state index in [9.17, 15) is 14.7 Å². The van der Waals surface area contributed by atoms with Crippen molar-refractivity contribution < 1.29 is 14.7 Å². The molecule has 1 aromatic rings. The molecule has 1 aliphatic rings. The average Bonchev–Trinajstić information content (AvgIpc) is 2.81. The summed E-state index contributed by atoms with van der Waals surface area (Å²) in [5.74, 6) is -1.42. The van der Waals surface area contributed by atoms with Crippen molar-refractivity contribution in [3.63, 3.8) is 0 Å². The molecule has 0 radical (unpaired) electrons. The molecular weight excluding hydrogens is 246 g/mol. The van der Waals surface area contributed by atoms with Gasteiger partial charge in [-0.1, -0.05) is 6.92 Å². The first-order chi connectivity index (χ1) is 9.04. The van der Waals surface area contributed by atoms with Gasteiger partial charge in [0, 0.05) is 31.8 Å². The number of aryl methyl sites for hydroxylation is 1. The Morgan fingerprint density at radius 2 is 2.32 bits per heavy atom. The van der Waals surface area contributed by atoms with Crippen molar-refractivity contribution in [2.75, 3.05) is 7.05 Å². The number of nitrogens with zero attached hydrogens (tertiary/aromatic N) is 3. The first kappa shape index (κ1) is 13.6. The molecule has 2 rings (SSSR count). The summed E-state index contributed by atoms with van der Waals surface area (Å²) >= 11 is 0. The van der Waals surface area contributed by atoms with Crippen molar-refractivity contribution in [2.45, 2.75) is 38.8 Å². The van der Waals surface area contributed by atoms with Crippen molar-refractivity contribution in [1.29, 1.82) is 0 Å². The van der Waals surface area contributed by atoms with Crippen LogP contribution in [-0.2, 0) is 16.1 Å². The molecule has 1 aliphatic heterocycles. The van der Waals surface area contributed by atoms with E-state index in [1.807, 2.05) is 6.20 Å². The fourth-order valence-electron chi connectivity index (χ4n) is 2.64. The number of carboxylic acids is 1. The quantitative estimate of drug-likeness (QED) is 0.890. The molecular formula is C13H19N3O3. The average molecular weight is 265 g/mol. The molecule has 1 aromatic heterocycles. The number of rotatable bonds is 4. The molecule has 1 saturated heterocycles. The Hall–Kier alpha value is -1.85. The second-order valence-corrected chi connectivity index (χ2v) is 4.97. The first-order valence-electron chi connectivity index (χ1n) is 6.55. The van der Waals surface area contributed by atoms with Gasteiger partial charge >= 0.3 is 5.97 Å². The van der Waals surface area contributed by atoms with Crippen LogP contribution in [0.4, 0.5) is 0 Å². The van der Waals surface area contributed by atoms with Gasteiger partial charge in [-0.15, -0.1) is 0 Å². The zero-order valence-corrected chi connectivity index (χ0v) is 11.2. The van der Waals surface area contributed by atoms with E-state index >= 15 is 0 Å². The van der Waals surface area contributed by atoms with Crippen LogP contribution in [0.1, 0.15) is 37.8 Å². The number of carbonyl (C=O) groups excluding carboxylic acids is 1. The smallest absolute Gasteiger partial charge is 0.308 e. The van der Waals surface area contributed by atoms with Crippen molar-refractivity contribution in [1.82, 2.24) is 14.7 Å². The fraction of sp³-hybridized carbons (Fsp3) is 0.615. The van der Waals surface area contributed by atoms with E-state index in [2.05, 4.69) is 12.0 Å². The summed E-state index contributed by atoms with van der Waals surface area (Å²) in [6.45, 7) is 2.85. The van der Waals surface area contributed by atoms with Crippen LogP contribution in [0.2, 0.25) is 0 Å². The fourth-order valence-corrected chi connectivity index (χ4v) is 2.64. The topological polar surface area (TPSA) is 75.4 Å². The van der Waals surface area contributed by atoms with E-state index < -0.39 is 17.9 Å². The third kappa shape index (κ3) is 2.62. The Morgan fingerprint density at radius 1 is 1.58 bits per heavy atom. The molecule has 19 heavy (non-hydrogen) atoms. The molecule has 104 valence electrons. The Balaban J connectivity index is 2.29. The van der Waals surface area contributed by atoms with E-state index in [0.717, 1.165) is 18.5 Å². The minimum atomic E-state index is -0.854. The van der Waals surface area contributed by atoms with E-state index in [1.165, 1.54) is 4.90 Å². The monoisotopic (exact) mass is 265 g/mol. The number of carbonyl (C=O) groups is 2. The van der Waals surface area contributed by atoms with Crippen LogP contribution in [-0.4, -0.2) is 38.7 Å². The van der Waals surface area contributed by atoms with Gasteiger partial charge in [0.1, 0.15) is 0 Å². The number of amides is 1.